The molecule has 19 heavy (non-hydrogen) atoms. The molecule has 0 atom stereocenters. The van der Waals surface area contributed by atoms with Crippen LogP contribution in [0.5, 0.6) is 5.75 Å². The molecule has 2 rings (SSSR count). The molecule has 2 aromatic rings. The van der Waals surface area contributed by atoms with E-state index < -0.39 is 0 Å². The van der Waals surface area contributed by atoms with Crippen molar-refractivity contribution < 1.29 is 9.53 Å². The summed E-state index contributed by atoms with van der Waals surface area (Å²) in [5.74, 6) is 0.714. The number of hydrogen-bond acceptors (Lipinski definition) is 3. The number of Topliss-reactive ketones (excluding diaryl/α,β-unsaturated/α-hetero) is 1. The average molecular weight is 255 g/mol. The maximum atomic E-state index is 11.5. The van der Waals surface area contributed by atoms with Crippen molar-refractivity contribution in [3.05, 3.63) is 58.9 Å². The summed E-state index contributed by atoms with van der Waals surface area (Å²) >= 11 is 0. The molecule has 3 heteroatoms. The van der Waals surface area contributed by atoms with Crippen LogP contribution in [-0.2, 0) is 6.61 Å². The van der Waals surface area contributed by atoms with Crippen LogP contribution in [0, 0.1) is 13.8 Å². The number of carbonyl (C=O) groups excluding carboxylic acids is 1. The summed E-state index contributed by atoms with van der Waals surface area (Å²) in [4.78, 5) is 15.7. The van der Waals surface area contributed by atoms with Crippen molar-refractivity contribution in [2.45, 2.75) is 27.4 Å². The van der Waals surface area contributed by atoms with E-state index in [0.717, 1.165) is 16.8 Å². The molecular weight excluding hydrogens is 238 g/mol. The highest BCUT2D eigenvalue weighted by Crippen LogP contribution is 2.25. The highest BCUT2D eigenvalue weighted by molar-refractivity contribution is 5.95. The van der Waals surface area contributed by atoms with Gasteiger partial charge in [-0.15, -0.1) is 0 Å². The predicted octanol–water partition coefficient (Wildman–Crippen LogP) is 3.48. The standard InChI is InChI=1S/C16H17NO2/c1-11-15(13(3)18)9-17-12(2)16(11)19-10-14-7-5-4-6-8-14/h4-9H,10H2,1-3H3. The van der Waals surface area contributed by atoms with Crippen molar-refractivity contribution in [1.82, 2.24) is 4.98 Å². The van der Waals surface area contributed by atoms with Crippen molar-refractivity contribution in [1.29, 1.82) is 0 Å². The molecule has 0 amide bonds. The second kappa shape index (κ2) is 5.65. The molecule has 0 aliphatic heterocycles. The Bertz CT molecular complexity index is 591. The van der Waals surface area contributed by atoms with Gasteiger partial charge >= 0.3 is 0 Å². The summed E-state index contributed by atoms with van der Waals surface area (Å²) in [5.41, 5.74) is 3.37. The van der Waals surface area contributed by atoms with Crippen LogP contribution in [0.25, 0.3) is 0 Å². The summed E-state index contributed by atoms with van der Waals surface area (Å²) < 4.78 is 5.83. The topological polar surface area (TPSA) is 39.2 Å². The first-order valence-electron chi connectivity index (χ1n) is 6.23. The molecule has 1 aromatic carbocycles. The van der Waals surface area contributed by atoms with Crippen LogP contribution in [0.3, 0.4) is 0 Å². The van der Waals surface area contributed by atoms with Crippen LogP contribution in [0.2, 0.25) is 0 Å². The molecule has 0 bridgehead atoms. The lowest BCUT2D eigenvalue weighted by atomic mass is 10.1. The Hall–Kier alpha value is -2.16. The van der Waals surface area contributed by atoms with E-state index in [-0.39, 0.29) is 5.78 Å². The Morgan fingerprint density at radius 1 is 1.21 bits per heavy atom. The fourth-order valence-electron chi connectivity index (χ4n) is 2.01. The summed E-state index contributed by atoms with van der Waals surface area (Å²) in [5, 5.41) is 0. The molecule has 1 aromatic heterocycles. The van der Waals surface area contributed by atoms with Crippen molar-refractivity contribution in [3.63, 3.8) is 0 Å². The maximum absolute atomic E-state index is 11.5. The predicted molar refractivity (Wildman–Crippen MR) is 74.5 cm³/mol. The lowest BCUT2D eigenvalue weighted by Gasteiger charge is -2.13. The molecular formula is C16H17NO2. The van der Waals surface area contributed by atoms with E-state index in [1.54, 1.807) is 13.1 Å². The third-order valence-corrected chi connectivity index (χ3v) is 3.07. The van der Waals surface area contributed by atoms with Crippen LogP contribution in [0.15, 0.2) is 36.5 Å². The first kappa shape index (κ1) is 13.3. The zero-order valence-electron chi connectivity index (χ0n) is 11.4. The van der Waals surface area contributed by atoms with E-state index in [4.69, 9.17) is 4.74 Å². The number of aromatic nitrogens is 1. The van der Waals surface area contributed by atoms with Crippen LogP contribution < -0.4 is 4.74 Å². The number of benzene rings is 1. The third-order valence-electron chi connectivity index (χ3n) is 3.07. The fraction of sp³-hybridized carbons (Fsp3) is 0.250. The molecule has 0 aliphatic carbocycles. The van der Waals surface area contributed by atoms with E-state index >= 15 is 0 Å². The largest absolute Gasteiger partial charge is 0.487 e. The van der Waals surface area contributed by atoms with Gasteiger partial charge in [-0.3, -0.25) is 9.78 Å². The zero-order valence-corrected chi connectivity index (χ0v) is 11.4. The summed E-state index contributed by atoms with van der Waals surface area (Å²) in [7, 11) is 0. The van der Waals surface area contributed by atoms with Crippen molar-refractivity contribution in [3.8, 4) is 5.75 Å². The molecule has 0 unspecified atom stereocenters. The summed E-state index contributed by atoms with van der Waals surface area (Å²) in [6.45, 7) is 5.80. The molecule has 0 aliphatic rings. The van der Waals surface area contributed by atoms with Gasteiger partial charge in [0.1, 0.15) is 12.4 Å². The summed E-state index contributed by atoms with van der Waals surface area (Å²) in [6, 6.07) is 9.93. The molecule has 1 heterocycles. The molecule has 0 radical (unpaired) electrons. The first-order chi connectivity index (χ1) is 9.09. The second-order valence-electron chi connectivity index (χ2n) is 4.54. The van der Waals surface area contributed by atoms with Gasteiger partial charge in [0.05, 0.1) is 5.69 Å². The lowest BCUT2D eigenvalue weighted by molar-refractivity contribution is 0.101. The van der Waals surface area contributed by atoms with Gasteiger partial charge in [-0.25, -0.2) is 0 Å². The van der Waals surface area contributed by atoms with E-state index in [1.807, 2.05) is 44.2 Å². The normalized spacial score (nSPS) is 10.3. The third kappa shape index (κ3) is 2.99. The van der Waals surface area contributed by atoms with E-state index in [9.17, 15) is 4.79 Å². The molecule has 0 N–H and O–H groups in total. The van der Waals surface area contributed by atoms with Crippen molar-refractivity contribution in [2.24, 2.45) is 0 Å². The quantitative estimate of drug-likeness (QED) is 0.785. The number of carbonyl (C=O) groups is 1. The molecule has 0 spiro atoms. The summed E-state index contributed by atoms with van der Waals surface area (Å²) in [6.07, 6.45) is 1.61. The number of hydrogen-bond donors (Lipinski definition) is 0. The van der Waals surface area contributed by atoms with Gasteiger partial charge in [0, 0.05) is 17.3 Å². The Morgan fingerprint density at radius 3 is 2.53 bits per heavy atom. The molecule has 3 nitrogen and oxygen atoms in total. The number of nitrogens with zero attached hydrogens (tertiary/aromatic N) is 1. The van der Waals surface area contributed by atoms with Gasteiger partial charge in [0.25, 0.3) is 0 Å². The molecule has 98 valence electrons. The fourth-order valence-corrected chi connectivity index (χ4v) is 2.01. The highest BCUT2D eigenvalue weighted by atomic mass is 16.5. The molecule has 0 saturated heterocycles. The number of pyridine rings is 1. The van der Waals surface area contributed by atoms with Gasteiger partial charge in [-0.05, 0) is 26.3 Å². The Morgan fingerprint density at radius 2 is 1.89 bits per heavy atom. The van der Waals surface area contributed by atoms with Crippen molar-refractivity contribution in [2.75, 3.05) is 0 Å². The van der Waals surface area contributed by atoms with Crippen LogP contribution in [0.1, 0.15) is 34.1 Å². The number of ether oxygens (including phenoxy) is 1. The Balaban J connectivity index is 2.25. The minimum Gasteiger partial charge on any atom is -0.487 e. The molecule has 0 fully saturated rings. The Kier molecular flexibility index (Phi) is 3.95. The van der Waals surface area contributed by atoms with Gasteiger partial charge in [-0.2, -0.15) is 0 Å². The lowest BCUT2D eigenvalue weighted by Crippen LogP contribution is -2.05. The number of ketones is 1. The van der Waals surface area contributed by atoms with Crippen molar-refractivity contribution >= 4 is 5.78 Å². The van der Waals surface area contributed by atoms with Crippen LogP contribution in [0.4, 0.5) is 0 Å². The van der Waals surface area contributed by atoms with Gasteiger partial charge in [-0.1, -0.05) is 30.3 Å². The van der Waals surface area contributed by atoms with E-state index in [2.05, 4.69) is 4.98 Å². The van der Waals surface area contributed by atoms with Gasteiger partial charge in [0.15, 0.2) is 5.78 Å². The smallest absolute Gasteiger partial charge is 0.161 e. The van der Waals surface area contributed by atoms with E-state index in [1.165, 1.54) is 0 Å². The van der Waals surface area contributed by atoms with Crippen LogP contribution in [-0.4, -0.2) is 10.8 Å². The first-order valence-corrected chi connectivity index (χ1v) is 6.23. The average Bonchev–Trinajstić information content (AvgIpc) is 2.39. The second-order valence-corrected chi connectivity index (χ2v) is 4.54. The Labute approximate surface area is 113 Å². The van der Waals surface area contributed by atoms with Gasteiger partial charge in [0.2, 0.25) is 0 Å². The molecule has 0 saturated carbocycles. The maximum Gasteiger partial charge on any atom is 0.161 e. The minimum atomic E-state index is 0.00885. The highest BCUT2D eigenvalue weighted by Gasteiger charge is 2.13. The zero-order chi connectivity index (χ0) is 13.8. The number of rotatable bonds is 4. The minimum absolute atomic E-state index is 0.00885. The SMILES string of the molecule is CC(=O)c1cnc(C)c(OCc2ccccc2)c1C. The monoisotopic (exact) mass is 255 g/mol. The van der Waals surface area contributed by atoms with E-state index in [0.29, 0.717) is 17.9 Å². The van der Waals surface area contributed by atoms with Crippen LogP contribution >= 0.6 is 0 Å². The van der Waals surface area contributed by atoms with Gasteiger partial charge < -0.3 is 4.74 Å². The number of aryl methyl sites for hydroxylation is 1.